The third-order valence-corrected chi connectivity index (χ3v) is 6.56. The average molecular weight is 418 g/mol. The smallest absolute Gasteiger partial charge is 0.153 e. The maximum atomic E-state index is 5.93. The summed E-state index contributed by atoms with van der Waals surface area (Å²) < 4.78 is 11.8. The maximum Gasteiger partial charge on any atom is 0.153 e. The minimum absolute atomic E-state index is 0.301. The van der Waals surface area contributed by atoms with Crippen LogP contribution in [0.5, 0.6) is 5.75 Å². The summed E-state index contributed by atoms with van der Waals surface area (Å²) in [5.41, 5.74) is 5.65. The molecule has 2 fully saturated rings. The molecule has 2 aliphatic heterocycles. The summed E-state index contributed by atoms with van der Waals surface area (Å²) in [6.07, 6.45) is 2.59. The van der Waals surface area contributed by atoms with Gasteiger partial charge in [-0.3, -0.25) is 9.88 Å². The number of morpholine rings is 1. The highest BCUT2D eigenvalue weighted by atomic mass is 16.5. The van der Waals surface area contributed by atoms with Gasteiger partial charge in [-0.15, -0.1) is 0 Å². The molecule has 5 nitrogen and oxygen atoms in total. The minimum atomic E-state index is 0.301. The standard InChI is InChI=1S/C26H31N3O2/c1-17-8-10-20(11-9-17)22-6-5-7-23-25(22)27-12-24(26(23)30-4)29-15-21(16-29)28-13-18(2)31-19(3)14-28/h5-12,18-19,21H,13-16H2,1-4H3. The van der Waals surface area contributed by atoms with Crippen molar-refractivity contribution < 1.29 is 9.47 Å². The van der Waals surface area contributed by atoms with Gasteiger partial charge in [0, 0.05) is 43.2 Å². The zero-order valence-electron chi connectivity index (χ0n) is 18.8. The first-order valence-corrected chi connectivity index (χ1v) is 11.2. The van der Waals surface area contributed by atoms with E-state index in [9.17, 15) is 0 Å². The fourth-order valence-corrected chi connectivity index (χ4v) is 4.99. The first-order chi connectivity index (χ1) is 15.0. The highest BCUT2D eigenvalue weighted by Gasteiger charge is 2.37. The lowest BCUT2D eigenvalue weighted by Gasteiger charge is -2.49. The maximum absolute atomic E-state index is 5.93. The monoisotopic (exact) mass is 417 g/mol. The quantitative estimate of drug-likeness (QED) is 0.624. The minimum Gasteiger partial charge on any atom is -0.494 e. The molecule has 0 aliphatic carbocycles. The zero-order valence-corrected chi connectivity index (χ0v) is 18.8. The number of ether oxygens (including phenoxy) is 2. The van der Waals surface area contributed by atoms with Crippen LogP contribution in [0.1, 0.15) is 19.4 Å². The molecule has 3 heterocycles. The van der Waals surface area contributed by atoms with Crippen LogP contribution in [0.3, 0.4) is 0 Å². The largest absolute Gasteiger partial charge is 0.494 e. The fourth-order valence-electron chi connectivity index (χ4n) is 4.99. The number of hydrogen-bond acceptors (Lipinski definition) is 5. The molecule has 0 saturated carbocycles. The van der Waals surface area contributed by atoms with Gasteiger partial charge in [0.2, 0.25) is 0 Å². The molecule has 0 radical (unpaired) electrons. The van der Waals surface area contributed by atoms with Crippen molar-refractivity contribution in [3.05, 3.63) is 54.2 Å². The first kappa shape index (κ1) is 20.3. The summed E-state index contributed by atoms with van der Waals surface area (Å²) in [7, 11) is 1.76. The van der Waals surface area contributed by atoms with Crippen molar-refractivity contribution in [1.82, 2.24) is 9.88 Å². The van der Waals surface area contributed by atoms with Gasteiger partial charge in [-0.1, -0.05) is 42.0 Å². The van der Waals surface area contributed by atoms with Crippen molar-refractivity contribution in [2.45, 2.75) is 39.0 Å². The highest BCUT2D eigenvalue weighted by molar-refractivity contribution is 5.99. The molecule has 2 aliphatic rings. The summed E-state index contributed by atoms with van der Waals surface area (Å²) in [5, 5.41) is 1.06. The van der Waals surface area contributed by atoms with Gasteiger partial charge in [-0.2, -0.15) is 0 Å². The number of pyridine rings is 1. The molecule has 2 unspecified atom stereocenters. The second kappa shape index (κ2) is 8.13. The van der Waals surface area contributed by atoms with E-state index in [0.717, 1.165) is 54.1 Å². The Hall–Kier alpha value is -2.63. The topological polar surface area (TPSA) is 37.8 Å². The van der Waals surface area contributed by atoms with Gasteiger partial charge in [0.15, 0.2) is 5.75 Å². The van der Waals surface area contributed by atoms with Gasteiger partial charge in [-0.05, 0) is 32.4 Å². The van der Waals surface area contributed by atoms with E-state index in [0.29, 0.717) is 18.2 Å². The summed E-state index contributed by atoms with van der Waals surface area (Å²) >= 11 is 0. The van der Waals surface area contributed by atoms with E-state index in [-0.39, 0.29) is 0 Å². The number of aromatic nitrogens is 1. The van der Waals surface area contributed by atoms with Crippen molar-refractivity contribution in [3.63, 3.8) is 0 Å². The number of rotatable bonds is 4. The molecule has 3 aromatic rings. The number of methoxy groups -OCH3 is 1. The van der Waals surface area contributed by atoms with Crippen LogP contribution in [0, 0.1) is 6.92 Å². The molecule has 1 aromatic heterocycles. The molecular weight excluding hydrogens is 386 g/mol. The van der Waals surface area contributed by atoms with Crippen molar-refractivity contribution in [2.24, 2.45) is 0 Å². The Bertz CT molecular complexity index is 1070. The van der Waals surface area contributed by atoms with Crippen molar-refractivity contribution in [1.29, 1.82) is 0 Å². The molecule has 5 rings (SSSR count). The Morgan fingerprint density at radius 2 is 1.68 bits per heavy atom. The van der Waals surface area contributed by atoms with Gasteiger partial charge in [0.25, 0.3) is 0 Å². The molecule has 162 valence electrons. The molecule has 2 aromatic carbocycles. The van der Waals surface area contributed by atoms with Crippen LogP contribution >= 0.6 is 0 Å². The molecule has 0 spiro atoms. The second-order valence-electron chi connectivity index (χ2n) is 9.01. The van der Waals surface area contributed by atoms with Gasteiger partial charge in [0.05, 0.1) is 36.7 Å². The lowest BCUT2D eigenvalue weighted by atomic mass is 9.99. The number of aryl methyl sites for hydroxylation is 1. The normalized spacial score (nSPS) is 22.5. The van der Waals surface area contributed by atoms with Crippen LogP contribution in [-0.2, 0) is 4.74 Å². The third kappa shape index (κ3) is 3.77. The molecule has 0 bridgehead atoms. The molecule has 0 amide bonds. The van der Waals surface area contributed by atoms with Gasteiger partial charge >= 0.3 is 0 Å². The van der Waals surface area contributed by atoms with Gasteiger partial charge in [-0.25, -0.2) is 0 Å². The number of fused-ring (bicyclic) bond motifs is 1. The predicted octanol–water partition coefficient (Wildman–Crippen LogP) is 4.52. The third-order valence-electron chi connectivity index (χ3n) is 6.56. The lowest BCUT2D eigenvalue weighted by molar-refractivity contribution is -0.0831. The van der Waals surface area contributed by atoms with Crippen molar-refractivity contribution in [2.75, 3.05) is 38.2 Å². The summed E-state index contributed by atoms with van der Waals surface area (Å²) in [5.74, 6) is 0.918. The van der Waals surface area contributed by atoms with Crippen LogP contribution in [0.4, 0.5) is 5.69 Å². The average Bonchev–Trinajstić information content (AvgIpc) is 2.72. The SMILES string of the molecule is COc1c(N2CC(N3CC(C)OC(C)C3)C2)cnc2c(-c3ccc(C)cc3)cccc12. The summed E-state index contributed by atoms with van der Waals surface area (Å²) in [4.78, 5) is 9.86. The van der Waals surface area contributed by atoms with Gasteiger partial charge < -0.3 is 14.4 Å². The molecule has 2 atom stereocenters. The lowest BCUT2D eigenvalue weighted by Crippen LogP contribution is -2.63. The van der Waals surface area contributed by atoms with E-state index < -0.39 is 0 Å². The van der Waals surface area contributed by atoms with Crippen LogP contribution in [-0.4, -0.2) is 61.4 Å². The van der Waals surface area contributed by atoms with E-state index in [1.165, 1.54) is 11.1 Å². The van der Waals surface area contributed by atoms with E-state index in [2.05, 4.69) is 73.0 Å². The Morgan fingerprint density at radius 1 is 0.968 bits per heavy atom. The number of anilines is 1. The molecule has 2 saturated heterocycles. The number of benzene rings is 2. The Morgan fingerprint density at radius 3 is 2.35 bits per heavy atom. The van der Waals surface area contributed by atoms with Crippen LogP contribution in [0.25, 0.3) is 22.0 Å². The highest BCUT2D eigenvalue weighted by Crippen LogP contribution is 2.40. The molecule has 0 N–H and O–H groups in total. The van der Waals surface area contributed by atoms with Crippen LogP contribution in [0.15, 0.2) is 48.7 Å². The fraction of sp³-hybridized carbons (Fsp3) is 0.423. The van der Waals surface area contributed by atoms with Gasteiger partial charge in [0.1, 0.15) is 0 Å². The van der Waals surface area contributed by atoms with Crippen molar-refractivity contribution in [3.8, 4) is 16.9 Å². The van der Waals surface area contributed by atoms with Crippen LogP contribution in [0.2, 0.25) is 0 Å². The second-order valence-corrected chi connectivity index (χ2v) is 9.01. The Kier molecular flexibility index (Phi) is 5.32. The molecule has 5 heteroatoms. The summed E-state index contributed by atoms with van der Waals surface area (Å²) in [6, 6.07) is 15.5. The molecule has 31 heavy (non-hydrogen) atoms. The predicted molar refractivity (Wildman–Crippen MR) is 126 cm³/mol. The van der Waals surface area contributed by atoms with E-state index in [1.54, 1.807) is 7.11 Å². The number of hydrogen-bond donors (Lipinski definition) is 0. The van der Waals surface area contributed by atoms with E-state index in [1.807, 2.05) is 6.20 Å². The van der Waals surface area contributed by atoms with Crippen LogP contribution < -0.4 is 9.64 Å². The summed E-state index contributed by atoms with van der Waals surface area (Å²) in [6.45, 7) is 10.5. The number of para-hydroxylation sites is 1. The van der Waals surface area contributed by atoms with Crippen molar-refractivity contribution >= 4 is 16.6 Å². The Balaban J connectivity index is 1.43. The molecular formula is C26H31N3O2. The Labute approximate surface area is 184 Å². The van der Waals surface area contributed by atoms with E-state index in [4.69, 9.17) is 14.5 Å². The first-order valence-electron chi connectivity index (χ1n) is 11.2. The van der Waals surface area contributed by atoms with E-state index >= 15 is 0 Å². The zero-order chi connectivity index (χ0) is 21.5. The number of nitrogens with zero attached hydrogens (tertiary/aromatic N) is 3.